The van der Waals surface area contributed by atoms with Gasteiger partial charge >= 0.3 is 11.9 Å². The summed E-state index contributed by atoms with van der Waals surface area (Å²) in [7, 11) is 2.45. The van der Waals surface area contributed by atoms with Crippen molar-refractivity contribution in [3.63, 3.8) is 0 Å². The number of aromatic nitrogens is 2. The number of halogens is 1. The van der Waals surface area contributed by atoms with E-state index in [0.717, 1.165) is 4.57 Å². The zero-order valence-electron chi connectivity index (χ0n) is 16.6. The van der Waals surface area contributed by atoms with E-state index < -0.39 is 23.4 Å². The predicted molar refractivity (Wildman–Crippen MR) is 113 cm³/mol. The van der Waals surface area contributed by atoms with Gasteiger partial charge in [0.25, 0.3) is 5.56 Å². The van der Waals surface area contributed by atoms with Crippen LogP contribution in [0, 0.1) is 0 Å². The van der Waals surface area contributed by atoms with Gasteiger partial charge in [0.2, 0.25) is 17.4 Å². The van der Waals surface area contributed by atoms with E-state index in [-0.39, 0.29) is 34.7 Å². The van der Waals surface area contributed by atoms with Crippen LogP contribution in [-0.2, 0) is 25.6 Å². The van der Waals surface area contributed by atoms with Gasteiger partial charge < -0.3 is 25.9 Å². The Morgan fingerprint density at radius 2 is 1.48 bits per heavy atom. The molecule has 2 aromatic heterocycles. The number of rotatable bonds is 5. The summed E-state index contributed by atoms with van der Waals surface area (Å²) in [5.74, 6) is -2.25. The number of hydrogen-bond donors (Lipinski definition) is 3. The first kappa shape index (κ1) is 27.3. The summed E-state index contributed by atoms with van der Waals surface area (Å²) in [6.45, 7) is -0.343. The third-order valence-electron chi connectivity index (χ3n) is 3.06. The lowest BCUT2D eigenvalue weighted by atomic mass is 10.3. The molecule has 2 rings (SSSR count). The van der Waals surface area contributed by atoms with E-state index in [1.807, 2.05) is 0 Å². The third kappa shape index (κ3) is 10.6. The molecule has 0 aliphatic rings. The van der Waals surface area contributed by atoms with Crippen LogP contribution in [0.25, 0.3) is 0 Å². The van der Waals surface area contributed by atoms with E-state index >= 15 is 0 Å². The molecule has 0 saturated heterocycles. The fourth-order valence-electron chi connectivity index (χ4n) is 1.80. The second-order valence-electron chi connectivity index (χ2n) is 5.31. The minimum atomic E-state index is -0.701. The number of alkyl halides is 1. The summed E-state index contributed by atoms with van der Waals surface area (Å²) >= 11 is 2.84. The van der Waals surface area contributed by atoms with Gasteiger partial charge in [-0.2, -0.15) is 0 Å². The molecule has 0 spiro atoms. The number of ether oxygens (including phenoxy) is 2. The standard InChI is InChI=1S/C9H10N2O4.C7H7NO3.C2H4BrNO/c1-15-9(14)6-3-2-4-8(13)11(6)5-7(10)12;1-11-7(10)5-3-2-4-6(9)8-5;3-1-2(4)5/h2-4H,5H2,1H3,(H2,10,12);2-4H,1H3,(H,8,9);1H2,(H2,4,5). The Morgan fingerprint density at radius 3 is 1.94 bits per heavy atom. The van der Waals surface area contributed by atoms with Crippen LogP contribution in [-0.4, -0.2) is 52.9 Å². The smallest absolute Gasteiger partial charge is 0.354 e. The van der Waals surface area contributed by atoms with Crippen LogP contribution in [0.15, 0.2) is 46.0 Å². The Kier molecular flexibility index (Phi) is 12.6. The topological polar surface area (TPSA) is 194 Å². The molecule has 13 heteroatoms. The molecule has 5 N–H and O–H groups in total. The molecule has 0 fully saturated rings. The Hall–Kier alpha value is -3.74. The van der Waals surface area contributed by atoms with Crippen LogP contribution in [0.3, 0.4) is 0 Å². The predicted octanol–water partition coefficient (Wildman–Crippen LogP) is -0.852. The molecule has 31 heavy (non-hydrogen) atoms. The quantitative estimate of drug-likeness (QED) is 0.348. The number of esters is 2. The Labute approximate surface area is 184 Å². The number of carbonyl (C=O) groups is 4. The zero-order valence-corrected chi connectivity index (χ0v) is 18.2. The highest BCUT2D eigenvalue weighted by Gasteiger charge is 2.13. The second-order valence-corrected chi connectivity index (χ2v) is 5.87. The number of nitrogens with one attached hydrogen (secondary N) is 1. The average molecular weight is 501 g/mol. The van der Waals surface area contributed by atoms with Crippen molar-refractivity contribution in [2.24, 2.45) is 11.5 Å². The van der Waals surface area contributed by atoms with Crippen LogP contribution in [0.2, 0.25) is 0 Å². The lowest BCUT2D eigenvalue weighted by molar-refractivity contribution is -0.118. The van der Waals surface area contributed by atoms with Crippen molar-refractivity contribution < 1.29 is 28.7 Å². The summed E-state index contributed by atoms with van der Waals surface area (Å²) < 4.78 is 9.81. The number of H-pyrrole nitrogens is 1. The Balaban J connectivity index is 0.000000492. The Bertz CT molecular complexity index is 1030. The number of hydrogen-bond acceptors (Lipinski definition) is 8. The van der Waals surface area contributed by atoms with Crippen molar-refractivity contribution in [1.82, 2.24) is 9.55 Å². The van der Waals surface area contributed by atoms with Gasteiger partial charge in [-0.1, -0.05) is 28.1 Å². The maximum absolute atomic E-state index is 11.3. The molecule has 2 aromatic rings. The van der Waals surface area contributed by atoms with E-state index in [1.54, 1.807) is 0 Å². The van der Waals surface area contributed by atoms with Crippen molar-refractivity contribution in [2.75, 3.05) is 19.5 Å². The van der Waals surface area contributed by atoms with E-state index in [9.17, 15) is 28.8 Å². The molecular formula is C18H21BrN4O8. The van der Waals surface area contributed by atoms with E-state index in [1.165, 1.54) is 50.6 Å². The molecule has 0 aliphatic carbocycles. The van der Waals surface area contributed by atoms with Crippen molar-refractivity contribution in [3.05, 3.63) is 68.5 Å². The summed E-state index contributed by atoms with van der Waals surface area (Å²) in [5.41, 5.74) is 8.94. The number of amides is 2. The van der Waals surface area contributed by atoms with Gasteiger partial charge in [0.05, 0.1) is 19.5 Å². The molecule has 0 saturated carbocycles. The molecule has 0 unspecified atom stereocenters. The Morgan fingerprint density at radius 1 is 0.935 bits per heavy atom. The first-order valence-corrected chi connectivity index (χ1v) is 9.37. The number of carbonyl (C=O) groups excluding carboxylic acids is 4. The maximum atomic E-state index is 11.3. The van der Waals surface area contributed by atoms with Gasteiger partial charge in [-0.05, 0) is 12.1 Å². The molecular weight excluding hydrogens is 480 g/mol. The first-order valence-electron chi connectivity index (χ1n) is 8.25. The molecule has 168 valence electrons. The lowest BCUT2D eigenvalue weighted by Crippen LogP contribution is -2.31. The van der Waals surface area contributed by atoms with Crippen molar-refractivity contribution >= 4 is 39.7 Å². The highest BCUT2D eigenvalue weighted by Crippen LogP contribution is 1.98. The van der Waals surface area contributed by atoms with Crippen LogP contribution >= 0.6 is 15.9 Å². The van der Waals surface area contributed by atoms with Crippen LogP contribution < -0.4 is 22.6 Å². The maximum Gasteiger partial charge on any atom is 0.354 e. The fraction of sp³-hybridized carbons (Fsp3) is 0.222. The third-order valence-corrected chi connectivity index (χ3v) is 3.62. The van der Waals surface area contributed by atoms with Crippen LogP contribution in [0.5, 0.6) is 0 Å². The molecule has 0 atom stereocenters. The van der Waals surface area contributed by atoms with Gasteiger partial charge in [-0.3, -0.25) is 23.7 Å². The van der Waals surface area contributed by atoms with E-state index in [4.69, 9.17) is 5.73 Å². The minimum absolute atomic E-state index is 0.00352. The number of aromatic amines is 1. The fourth-order valence-corrected chi connectivity index (χ4v) is 1.80. The summed E-state index contributed by atoms with van der Waals surface area (Å²) in [4.78, 5) is 66.6. The van der Waals surface area contributed by atoms with Crippen molar-refractivity contribution in [3.8, 4) is 0 Å². The van der Waals surface area contributed by atoms with Crippen molar-refractivity contribution in [1.29, 1.82) is 0 Å². The monoisotopic (exact) mass is 500 g/mol. The van der Waals surface area contributed by atoms with E-state index in [0.29, 0.717) is 0 Å². The lowest BCUT2D eigenvalue weighted by Gasteiger charge is -2.08. The normalized spacial score (nSPS) is 9.13. The molecule has 0 bridgehead atoms. The SMILES string of the molecule is COC(=O)c1cccc(=O)[nH]1.COC(=O)c1cccc(=O)n1CC(N)=O.NC(=O)CBr. The summed E-state index contributed by atoms with van der Waals surface area (Å²) in [6, 6.07) is 8.32. The number of methoxy groups -OCH3 is 2. The molecule has 2 heterocycles. The van der Waals surface area contributed by atoms with Crippen molar-refractivity contribution in [2.45, 2.75) is 6.54 Å². The van der Waals surface area contributed by atoms with Gasteiger partial charge in [-0.25, -0.2) is 9.59 Å². The number of primary amides is 2. The molecule has 2 amide bonds. The second kappa shape index (κ2) is 14.3. The number of nitrogens with zero attached hydrogens (tertiary/aromatic N) is 1. The molecule has 12 nitrogen and oxygen atoms in total. The zero-order chi connectivity index (χ0) is 24.0. The summed E-state index contributed by atoms with van der Waals surface area (Å²) in [6.07, 6.45) is 0. The highest BCUT2D eigenvalue weighted by atomic mass is 79.9. The minimum Gasteiger partial charge on any atom is -0.464 e. The van der Waals surface area contributed by atoms with E-state index in [2.05, 4.69) is 36.1 Å². The van der Waals surface area contributed by atoms with Crippen LogP contribution in [0.4, 0.5) is 0 Å². The highest BCUT2D eigenvalue weighted by molar-refractivity contribution is 9.09. The van der Waals surface area contributed by atoms with Crippen LogP contribution in [0.1, 0.15) is 21.0 Å². The van der Waals surface area contributed by atoms with Gasteiger partial charge in [0.1, 0.15) is 17.9 Å². The van der Waals surface area contributed by atoms with Gasteiger partial charge in [0.15, 0.2) is 0 Å². The first-order chi connectivity index (χ1) is 14.6. The summed E-state index contributed by atoms with van der Waals surface area (Å²) in [5, 5.41) is 0.257. The molecule has 0 radical (unpaired) electrons. The number of pyridine rings is 2. The molecule has 0 aliphatic heterocycles. The molecule has 0 aromatic carbocycles. The van der Waals surface area contributed by atoms with Gasteiger partial charge in [-0.15, -0.1) is 0 Å². The largest absolute Gasteiger partial charge is 0.464 e. The van der Waals surface area contributed by atoms with Gasteiger partial charge in [0, 0.05) is 12.1 Å². The number of nitrogens with two attached hydrogens (primary N) is 2. The average Bonchev–Trinajstić information content (AvgIpc) is 2.74.